The fourth-order valence-corrected chi connectivity index (χ4v) is 7.52. The van der Waals surface area contributed by atoms with Crippen molar-refractivity contribution in [3.05, 3.63) is 181 Å². The molecule has 0 N–H and O–H groups in total. The molecular formula is C49H32. The molecule has 0 heterocycles. The second kappa shape index (κ2) is 10.9. The summed E-state index contributed by atoms with van der Waals surface area (Å²) in [6, 6.07) is 43.7. The summed E-state index contributed by atoms with van der Waals surface area (Å²) in [6.07, 6.45) is 0. The summed E-state index contributed by atoms with van der Waals surface area (Å²) < 4.78 is 65.6. The molecule has 0 saturated heterocycles. The molecule has 49 heavy (non-hydrogen) atoms. The van der Waals surface area contributed by atoms with Gasteiger partial charge in [-0.25, -0.2) is 0 Å². The summed E-state index contributed by atoms with van der Waals surface area (Å²) in [5, 5.41) is 6.65. The molecular weight excluding hydrogens is 589 g/mol. The van der Waals surface area contributed by atoms with Gasteiger partial charge in [-0.3, -0.25) is 0 Å². The Bertz CT molecular complexity index is 3030. The van der Waals surface area contributed by atoms with Crippen LogP contribution in [0.25, 0.3) is 98.4 Å². The van der Waals surface area contributed by atoms with Crippen molar-refractivity contribution < 1.29 is 9.60 Å². The van der Waals surface area contributed by atoms with Gasteiger partial charge >= 0.3 is 0 Å². The van der Waals surface area contributed by atoms with Crippen molar-refractivity contribution in [3.63, 3.8) is 0 Å². The van der Waals surface area contributed by atoms with Gasteiger partial charge in [0.2, 0.25) is 0 Å². The van der Waals surface area contributed by atoms with Gasteiger partial charge in [-0.1, -0.05) is 176 Å². The van der Waals surface area contributed by atoms with Crippen LogP contribution in [0.15, 0.2) is 176 Å². The standard InChI is InChI=1S/C49H32/c1-31-30-47-45(37-22-18-35(19-23-37)43-15-7-11-33-9-3-5-13-41(33)43)26-24-38-25-27-46-44(29-28-39(31)49(46)48(38)47)36-20-16-34(17-21-36)42-14-6-10-32-8-2-4-12-40(32)42/h2-30H,1H3/i24D,25D,26D,27D,28D,29D,30D. The average Bonchev–Trinajstić information content (AvgIpc) is 3.23. The summed E-state index contributed by atoms with van der Waals surface area (Å²) in [4.78, 5) is 0. The summed E-state index contributed by atoms with van der Waals surface area (Å²) in [5.41, 5.74) is 6.65. The van der Waals surface area contributed by atoms with Gasteiger partial charge in [-0.15, -0.1) is 0 Å². The van der Waals surface area contributed by atoms with Crippen LogP contribution in [-0.4, -0.2) is 0 Å². The third-order valence-corrected chi connectivity index (χ3v) is 9.92. The molecule has 0 saturated carbocycles. The van der Waals surface area contributed by atoms with Gasteiger partial charge in [-0.2, -0.15) is 0 Å². The first-order valence-electron chi connectivity index (χ1n) is 20.0. The average molecular weight is 628 g/mol. The second-order valence-electron chi connectivity index (χ2n) is 12.7. The van der Waals surface area contributed by atoms with E-state index in [1.807, 2.05) is 84.9 Å². The van der Waals surface area contributed by atoms with Crippen LogP contribution in [0.1, 0.15) is 15.2 Å². The number of fused-ring (bicyclic) bond motifs is 2. The predicted molar refractivity (Wildman–Crippen MR) is 212 cm³/mol. The Labute approximate surface area is 295 Å². The van der Waals surface area contributed by atoms with E-state index in [2.05, 4.69) is 48.5 Å². The molecule has 0 bridgehead atoms. The third kappa shape index (κ3) is 4.38. The Kier molecular flexibility index (Phi) is 4.81. The van der Waals surface area contributed by atoms with Crippen LogP contribution in [0.4, 0.5) is 0 Å². The maximum absolute atomic E-state index is 9.54. The molecule has 0 fully saturated rings. The summed E-state index contributed by atoms with van der Waals surface area (Å²) >= 11 is 0. The number of hydrogen-bond acceptors (Lipinski definition) is 0. The number of benzene rings is 10. The molecule has 10 aromatic rings. The number of rotatable bonds is 4. The van der Waals surface area contributed by atoms with Crippen molar-refractivity contribution in [2.24, 2.45) is 0 Å². The largest absolute Gasteiger partial charge is 0.0633 e. The lowest BCUT2D eigenvalue weighted by Crippen LogP contribution is -1.92. The lowest BCUT2D eigenvalue weighted by Gasteiger charge is -2.18. The lowest BCUT2D eigenvalue weighted by molar-refractivity contribution is 1.55. The normalized spacial score (nSPS) is 13.8. The fraction of sp³-hybridized carbons (Fsp3) is 0.0204. The molecule has 0 aliphatic heterocycles. The van der Waals surface area contributed by atoms with E-state index in [9.17, 15) is 9.60 Å². The molecule has 0 atom stereocenters. The quantitative estimate of drug-likeness (QED) is 0.170. The molecule has 10 rings (SSSR count). The fourth-order valence-electron chi connectivity index (χ4n) is 7.52. The molecule has 0 amide bonds. The molecule has 0 spiro atoms. The van der Waals surface area contributed by atoms with E-state index >= 15 is 0 Å². The van der Waals surface area contributed by atoms with Gasteiger partial charge in [0.15, 0.2) is 0 Å². The molecule has 10 aromatic carbocycles. The van der Waals surface area contributed by atoms with Crippen molar-refractivity contribution in [2.45, 2.75) is 6.92 Å². The van der Waals surface area contributed by atoms with E-state index in [1.165, 1.54) is 0 Å². The molecule has 0 nitrogen and oxygen atoms in total. The Balaban J connectivity index is 1.23. The zero-order valence-corrected chi connectivity index (χ0v) is 26.7. The lowest BCUT2D eigenvalue weighted by atomic mass is 9.85. The minimum atomic E-state index is -0.228. The summed E-state index contributed by atoms with van der Waals surface area (Å²) in [6.45, 7) is 1.76. The monoisotopic (exact) mass is 627 g/mol. The van der Waals surface area contributed by atoms with Crippen molar-refractivity contribution >= 4 is 53.9 Å². The SMILES string of the molecule is [2H]c1c([2H])c2c([2H])c([2H])c3c(-c4ccc(-c5cccc6ccccc56)cc4)c([2H])c([2H])c4c(C)c([2H])c(c1-c1ccc(-c5cccc6ccccc56)cc1)c2c43. The van der Waals surface area contributed by atoms with Crippen molar-refractivity contribution in [1.29, 1.82) is 0 Å². The highest BCUT2D eigenvalue weighted by Gasteiger charge is 2.17. The summed E-state index contributed by atoms with van der Waals surface area (Å²) in [5.74, 6) is 0. The van der Waals surface area contributed by atoms with Gasteiger partial charge in [0, 0.05) is 0 Å². The highest BCUT2D eigenvalue weighted by atomic mass is 14.2. The van der Waals surface area contributed by atoms with Crippen molar-refractivity contribution in [1.82, 2.24) is 0 Å². The van der Waals surface area contributed by atoms with Crippen molar-refractivity contribution in [2.75, 3.05) is 0 Å². The number of hydrogen-bond donors (Lipinski definition) is 0. The van der Waals surface area contributed by atoms with Crippen LogP contribution in [0, 0.1) is 6.92 Å². The minimum Gasteiger partial charge on any atom is -0.0616 e. The van der Waals surface area contributed by atoms with E-state index in [0.717, 1.165) is 43.8 Å². The molecule has 0 aliphatic rings. The van der Waals surface area contributed by atoms with Crippen LogP contribution in [0.2, 0.25) is 0 Å². The first kappa shape index (κ1) is 21.6. The van der Waals surface area contributed by atoms with E-state index in [-0.39, 0.29) is 47.7 Å². The second-order valence-corrected chi connectivity index (χ2v) is 12.7. The van der Waals surface area contributed by atoms with Gasteiger partial charge in [-0.05, 0) is 111 Å². The van der Waals surface area contributed by atoms with Crippen LogP contribution in [0.3, 0.4) is 0 Å². The Hall–Kier alpha value is -6.24. The Morgan fingerprint density at radius 3 is 1.37 bits per heavy atom. The van der Waals surface area contributed by atoms with E-state index in [1.54, 1.807) is 6.92 Å². The van der Waals surface area contributed by atoms with Gasteiger partial charge in [0.05, 0.1) is 9.60 Å². The highest BCUT2D eigenvalue weighted by Crippen LogP contribution is 2.44. The molecule has 0 aromatic heterocycles. The maximum atomic E-state index is 9.54. The zero-order chi connectivity index (χ0) is 38.6. The van der Waals surface area contributed by atoms with Gasteiger partial charge < -0.3 is 0 Å². The zero-order valence-electron chi connectivity index (χ0n) is 33.7. The van der Waals surface area contributed by atoms with E-state index < -0.39 is 0 Å². The summed E-state index contributed by atoms with van der Waals surface area (Å²) in [7, 11) is 0. The first-order chi connectivity index (χ1) is 27.2. The third-order valence-electron chi connectivity index (χ3n) is 9.92. The molecule has 228 valence electrons. The Morgan fingerprint density at radius 2 is 0.776 bits per heavy atom. The van der Waals surface area contributed by atoms with Crippen LogP contribution in [0.5, 0.6) is 0 Å². The maximum Gasteiger partial charge on any atom is 0.0633 e. The van der Waals surface area contributed by atoms with E-state index in [4.69, 9.17) is 0 Å². The number of aryl methyl sites for hydroxylation is 1. The molecule has 0 radical (unpaired) electrons. The van der Waals surface area contributed by atoms with Gasteiger partial charge in [0.1, 0.15) is 0 Å². The van der Waals surface area contributed by atoms with Crippen LogP contribution < -0.4 is 0 Å². The van der Waals surface area contributed by atoms with Crippen LogP contribution >= 0.6 is 0 Å². The van der Waals surface area contributed by atoms with E-state index in [0.29, 0.717) is 54.7 Å². The minimum absolute atomic E-state index is 0.0700. The predicted octanol–water partition coefficient (Wildman–Crippen LogP) is 13.9. The first-order valence-corrected chi connectivity index (χ1v) is 16.5. The molecule has 0 unspecified atom stereocenters. The van der Waals surface area contributed by atoms with Crippen LogP contribution in [-0.2, 0) is 0 Å². The Morgan fingerprint density at radius 1 is 0.327 bits per heavy atom. The van der Waals surface area contributed by atoms with Gasteiger partial charge in [0.25, 0.3) is 0 Å². The molecule has 0 aliphatic carbocycles. The smallest absolute Gasteiger partial charge is 0.0616 e. The highest BCUT2D eigenvalue weighted by molar-refractivity contribution is 6.28. The topological polar surface area (TPSA) is 0 Å². The van der Waals surface area contributed by atoms with Crippen molar-refractivity contribution in [3.8, 4) is 44.5 Å². The molecule has 0 heteroatoms.